The van der Waals surface area contributed by atoms with Crippen LogP contribution in [0, 0.1) is 5.92 Å². The minimum Gasteiger partial charge on any atom is -0.366 e. The molecular weight excluding hydrogens is 701 g/mol. The molecule has 286 valence electrons. The lowest BCUT2D eigenvalue weighted by molar-refractivity contribution is 0.220. The van der Waals surface area contributed by atoms with E-state index in [-0.39, 0.29) is 23.7 Å². The Labute approximate surface area is 336 Å². The second kappa shape index (κ2) is 17.9. The predicted molar refractivity (Wildman–Crippen MR) is 233 cm³/mol. The van der Waals surface area contributed by atoms with Crippen LogP contribution in [0.15, 0.2) is 164 Å². The molecule has 0 spiro atoms. The molecule has 2 heterocycles. The van der Waals surface area contributed by atoms with E-state index < -0.39 is 0 Å². The first-order chi connectivity index (χ1) is 28.1. The van der Waals surface area contributed by atoms with E-state index in [1.807, 2.05) is 18.2 Å². The molecule has 2 aromatic heterocycles. The van der Waals surface area contributed by atoms with Crippen LogP contribution in [0.3, 0.4) is 0 Å². The molecular formula is C49H50N8. The third-order valence-electron chi connectivity index (χ3n) is 10.7. The van der Waals surface area contributed by atoms with Crippen LogP contribution >= 0.6 is 0 Å². The largest absolute Gasteiger partial charge is 0.366 e. The molecule has 7 aromatic rings. The third kappa shape index (κ3) is 9.30. The van der Waals surface area contributed by atoms with Gasteiger partial charge in [-0.2, -0.15) is 9.97 Å². The van der Waals surface area contributed by atoms with Gasteiger partial charge in [0.2, 0.25) is 11.9 Å². The van der Waals surface area contributed by atoms with Gasteiger partial charge in [0.15, 0.2) is 0 Å². The molecule has 0 amide bonds. The molecule has 2 atom stereocenters. The van der Waals surface area contributed by atoms with Crippen LogP contribution in [-0.2, 0) is 19.6 Å². The maximum atomic E-state index is 5.33. The number of aromatic nitrogens is 4. The third-order valence-corrected chi connectivity index (χ3v) is 10.7. The summed E-state index contributed by atoms with van der Waals surface area (Å²) in [7, 11) is 0. The fourth-order valence-corrected chi connectivity index (χ4v) is 7.93. The van der Waals surface area contributed by atoms with Crippen molar-refractivity contribution in [2.75, 3.05) is 27.8 Å². The number of nitrogens with zero attached hydrogens (tertiary/aromatic N) is 4. The summed E-state index contributed by atoms with van der Waals surface area (Å²) < 4.78 is 0. The molecule has 1 saturated carbocycles. The highest BCUT2D eigenvalue weighted by atomic mass is 15.2. The SMILES string of the molecule is CC(C)CNc1nc(NCc2ccccc2)cc(C2[C@@H](c3ccccc3)C(c3cc(NCc4ccccc4)nc(NCc4ccccc4)n3)[C@@H]2c2ccccc2)n1. The highest BCUT2D eigenvalue weighted by molar-refractivity contribution is 5.53. The maximum absolute atomic E-state index is 5.33. The first-order valence-electron chi connectivity index (χ1n) is 20.0. The Balaban J connectivity index is 1.22. The van der Waals surface area contributed by atoms with E-state index >= 15 is 0 Å². The Morgan fingerprint density at radius 3 is 1.14 bits per heavy atom. The smallest absolute Gasteiger partial charge is 0.225 e. The van der Waals surface area contributed by atoms with Gasteiger partial charge >= 0.3 is 0 Å². The van der Waals surface area contributed by atoms with Crippen molar-refractivity contribution in [3.8, 4) is 0 Å². The van der Waals surface area contributed by atoms with E-state index in [1.54, 1.807) is 0 Å². The first-order valence-corrected chi connectivity index (χ1v) is 20.0. The average molecular weight is 751 g/mol. The second-order valence-corrected chi connectivity index (χ2v) is 15.2. The fraction of sp³-hybridized carbons (Fsp3) is 0.224. The lowest BCUT2D eigenvalue weighted by Gasteiger charge is -2.52. The van der Waals surface area contributed by atoms with Gasteiger partial charge in [-0.3, -0.25) is 0 Å². The number of rotatable bonds is 16. The van der Waals surface area contributed by atoms with Crippen molar-refractivity contribution in [2.24, 2.45) is 5.92 Å². The van der Waals surface area contributed by atoms with Gasteiger partial charge in [0, 0.05) is 62.0 Å². The van der Waals surface area contributed by atoms with Crippen LogP contribution in [0.1, 0.15) is 76.7 Å². The van der Waals surface area contributed by atoms with E-state index in [1.165, 1.54) is 27.8 Å². The zero-order chi connectivity index (χ0) is 38.8. The molecule has 1 fully saturated rings. The molecule has 8 nitrogen and oxygen atoms in total. The van der Waals surface area contributed by atoms with E-state index in [9.17, 15) is 0 Å². The summed E-state index contributed by atoms with van der Waals surface area (Å²) in [5.41, 5.74) is 8.05. The zero-order valence-electron chi connectivity index (χ0n) is 32.6. The van der Waals surface area contributed by atoms with Gasteiger partial charge in [0.05, 0.1) is 11.4 Å². The number of anilines is 4. The highest BCUT2D eigenvalue weighted by Crippen LogP contribution is 2.66. The van der Waals surface area contributed by atoms with Crippen molar-refractivity contribution in [1.82, 2.24) is 19.9 Å². The summed E-state index contributed by atoms with van der Waals surface area (Å²) in [6.07, 6.45) is 0. The quantitative estimate of drug-likeness (QED) is 0.0775. The predicted octanol–water partition coefficient (Wildman–Crippen LogP) is 10.6. The van der Waals surface area contributed by atoms with Crippen LogP contribution in [0.4, 0.5) is 23.5 Å². The Bertz CT molecular complexity index is 2200. The molecule has 1 aliphatic rings. The topological polar surface area (TPSA) is 99.7 Å². The van der Waals surface area contributed by atoms with Crippen molar-refractivity contribution in [3.63, 3.8) is 0 Å². The van der Waals surface area contributed by atoms with Gasteiger partial charge < -0.3 is 21.3 Å². The summed E-state index contributed by atoms with van der Waals surface area (Å²) in [4.78, 5) is 20.6. The van der Waals surface area contributed by atoms with Crippen molar-refractivity contribution in [1.29, 1.82) is 0 Å². The highest BCUT2D eigenvalue weighted by Gasteiger charge is 2.54. The zero-order valence-corrected chi connectivity index (χ0v) is 32.6. The Hall–Kier alpha value is -6.54. The fourth-order valence-electron chi connectivity index (χ4n) is 7.93. The molecule has 4 N–H and O–H groups in total. The monoisotopic (exact) mass is 750 g/mol. The van der Waals surface area contributed by atoms with Gasteiger partial charge in [-0.05, 0) is 33.7 Å². The molecule has 0 bridgehead atoms. The van der Waals surface area contributed by atoms with Crippen molar-refractivity contribution < 1.29 is 0 Å². The molecule has 0 radical (unpaired) electrons. The Morgan fingerprint density at radius 2 is 0.754 bits per heavy atom. The van der Waals surface area contributed by atoms with Crippen LogP contribution in [-0.4, -0.2) is 26.5 Å². The van der Waals surface area contributed by atoms with Crippen molar-refractivity contribution in [2.45, 2.75) is 57.2 Å². The lowest BCUT2D eigenvalue weighted by atomic mass is 9.50. The number of nitrogens with one attached hydrogen (secondary N) is 4. The molecule has 0 saturated heterocycles. The molecule has 0 aliphatic heterocycles. The van der Waals surface area contributed by atoms with Gasteiger partial charge in [0.1, 0.15) is 11.6 Å². The van der Waals surface area contributed by atoms with E-state index in [4.69, 9.17) is 19.9 Å². The molecule has 1 aliphatic carbocycles. The van der Waals surface area contributed by atoms with Gasteiger partial charge in [0.25, 0.3) is 0 Å². The average Bonchev–Trinajstić information content (AvgIpc) is 3.25. The maximum Gasteiger partial charge on any atom is 0.225 e. The minimum absolute atomic E-state index is 0.0279. The van der Waals surface area contributed by atoms with Crippen molar-refractivity contribution in [3.05, 3.63) is 203 Å². The number of hydrogen-bond donors (Lipinski definition) is 4. The molecule has 8 heteroatoms. The van der Waals surface area contributed by atoms with E-state index in [2.05, 4.69) is 181 Å². The normalized spacial score (nSPS) is 17.4. The first kappa shape index (κ1) is 37.4. The van der Waals surface area contributed by atoms with Crippen molar-refractivity contribution >= 4 is 23.5 Å². The van der Waals surface area contributed by atoms with Gasteiger partial charge in [-0.25, -0.2) is 9.97 Å². The summed E-state index contributed by atoms with van der Waals surface area (Å²) in [5, 5.41) is 14.4. The van der Waals surface area contributed by atoms with Crippen LogP contribution in [0.5, 0.6) is 0 Å². The molecule has 57 heavy (non-hydrogen) atoms. The minimum atomic E-state index is 0.0279. The van der Waals surface area contributed by atoms with E-state index in [0.29, 0.717) is 37.4 Å². The van der Waals surface area contributed by atoms with Gasteiger partial charge in [-0.15, -0.1) is 0 Å². The standard InChI is InChI=1S/C49H50N8/c1-34(2)30-52-48-54-40(28-42(56-48)50-31-35-18-8-3-9-19-35)46-44(38-24-14-6-15-25-38)47(45(46)39-26-16-7-17-27-39)41-29-43(51-32-36-20-10-4-11-21-36)57-49(55-41)53-33-37-22-12-5-13-23-37/h3-29,34,44-47H,30-33H2,1-2H3,(H2,50,52,54,56)(H2,51,53,55,57)/t44-,45-,46?,47?/m1/s1. The van der Waals surface area contributed by atoms with Gasteiger partial charge in [-0.1, -0.05) is 166 Å². The van der Waals surface area contributed by atoms with E-state index in [0.717, 1.165) is 29.6 Å². The van der Waals surface area contributed by atoms with Crippen LogP contribution in [0.2, 0.25) is 0 Å². The molecule has 8 rings (SSSR count). The summed E-state index contributed by atoms with van der Waals surface area (Å²) >= 11 is 0. The number of benzene rings is 5. The van der Waals surface area contributed by atoms with Crippen LogP contribution in [0.25, 0.3) is 0 Å². The summed E-state index contributed by atoms with van der Waals surface area (Å²) in [6, 6.07) is 57.4. The number of hydrogen-bond acceptors (Lipinski definition) is 8. The van der Waals surface area contributed by atoms with Crippen LogP contribution < -0.4 is 21.3 Å². The Morgan fingerprint density at radius 1 is 0.404 bits per heavy atom. The second-order valence-electron chi connectivity index (χ2n) is 15.2. The Kier molecular flexibility index (Phi) is 11.8. The molecule has 5 aromatic carbocycles. The summed E-state index contributed by atoms with van der Waals surface area (Å²) in [6.45, 7) is 7.11. The molecule has 0 unspecified atom stereocenters. The summed E-state index contributed by atoms with van der Waals surface area (Å²) in [5.74, 6) is 3.48. The lowest BCUT2D eigenvalue weighted by Crippen LogP contribution is -2.41.